The summed E-state index contributed by atoms with van der Waals surface area (Å²) < 4.78 is 11.0. The van der Waals surface area contributed by atoms with Gasteiger partial charge in [0.15, 0.2) is 6.29 Å². The topological polar surface area (TPSA) is 79.9 Å². The quantitative estimate of drug-likeness (QED) is 0.848. The Hall–Kier alpha value is -2.11. The van der Waals surface area contributed by atoms with Crippen molar-refractivity contribution in [2.45, 2.75) is 45.0 Å². The maximum Gasteiger partial charge on any atom is 0.335 e. The van der Waals surface area contributed by atoms with Gasteiger partial charge in [0.05, 0.1) is 24.2 Å². The van der Waals surface area contributed by atoms with Crippen LogP contribution >= 0.6 is 0 Å². The number of carboxylic acid groups (broad SMARTS) is 1. The highest BCUT2D eigenvalue weighted by Crippen LogP contribution is 2.50. The number of rotatable bonds is 2. The number of furan rings is 1. The fourth-order valence-electron chi connectivity index (χ4n) is 3.92. The van der Waals surface area contributed by atoms with E-state index in [1.165, 1.54) is 0 Å². The maximum atomic E-state index is 11.4. The number of aliphatic hydroxyl groups is 1. The number of carboxylic acids is 1. The van der Waals surface area contributed by atoms with Crippen molar-refractivity contribution in [3.63, 3.8) is 0 Å². The van der Waals surface area contributed by atoms with Crippen LogP contribution in [0.25, 0.3) is 0 Å². The van der Waals surface area contributed by atoms with Gasteiger partial charge in [-0.25, -0.2) is 4.79 Å². The fraction of sp³-hybridized carbons (Fsp3) is 0.450. The zero-order chi connectivity index (χ0) is 18.0. The van der Waals surface area contributed by atoms with Gasteiger partial charge in [-0.15, -0.1) is 0 Å². The first kappa shape index (κ1) is 17.7. The van der Waals surface area contributed by atoms with Crippen LogP contribution in [0.1, 0.15) is 44.3 Å². The Bertz CT molecular complexity index is 700. The summed E-state index contributed by atoms with van der Waals surface area (Å²) in [6.07, 6.45) is 10.2. The van der Waals surface area contributed by atoms with Crippen molar-refractivity contribution in [1.82, 2.24) is 0 Å². The molecule has 134 valence electrons. The Morgan fingerprint density at radius 1 is 1.44 bits per heavy atom. The first-order valence-electron chi connectivity index (χ1n) is 8.54. The van der Waals surface area contributed by atoms with Gasteiger partial charge in [0, 0.05) is 11.5 Å². The molecule has 0 bridgehead atoms. The third kappa shape index (κ3) is 3.62. The Labute approximate surface area is 147 Å². The lowest BCUT2D eigenvalue weighted by atomic mass is 9.66. The van der Waals surface area contributed by atoms with Crippen LogP contribution in [0.5, 0.6) is 0 Å². The van der Waals surface area contributed by atoms with Crippen LogP contribution in [-0.2, 0) is 9.53 Å². The first-order chi connectivity index (χ1) is 11.9. The lowest BCUT2D eigenvalue weighted by Gasteiger charge is -2.47. The molecule has 25 heavy (non-hydrogen) atoms. The summed E-state index contributed by atoms with van der Waals surface area (Å²) in [6.45, 7) is 6.07. The molecule has 2 aliphatic rings. The molecule has 0 radical (unpaired) electrons. The molecule has 0 saturated carbocycles. The smallest absolute Gasteiger partial charge is 0.335 e. The van der Waals surface area contributed by atoms with Gasteiger partial charge in [-0.2, -0.15) is 0 Å². The zero-order valence-corrected chi connectivity index (χ0v) is 14.4. The largest absolute Gasteiger partial charge is 0.478 e. The fourth-order valence-corrected chi connectivity index (χ4v) is 3.92. The van der Waals surface area contributed by atoms with Crippen molar-refractivity contribution in [1.29, 1.82) is 0 Å². The average molecular weight is 344 g/mol. The van der Waals surface area contributed by atoms with Crippen molar-refractivity contribution in [3.05, 3.63) is 60.1 Å². The van der Waals surface area contributed by atoms with Gasteiger partial charge < -0.3 is 19.4 Å². The SMILES string of the molecule is C=C1CCC2C(O)OC(c3ccoc3)CC2(C)CC=CC=C1C(=O)O. The molecule has 3 rings (SSSR count). The Morgan fingerprint density at radius 3 is 2.92 bits per heavy atom. The molecule has 0 amide bonds. The molecule has 4 atom stereocenters. The molecule has 1 aromatic heterocycles. The Balaban J connectivity index is 1.88. The molecule has 1 aliphatic heterocycles. The molecule has 2 N–H and O–H groups in total. The van der Waals surface area contributed by atoms with E-state index in [1.54, 1.807) is 24.7 Å². The highest BCUT2D eigenvalue weighted by molar-refractivity contribution is 5.91. The predicted octanol–water partition coefficient (Wildman–Crippen LogP) is 3.99. The highest BCUT2D eigenvalue weighted by Gasteiger charge is 2.46. The van der Waals surface area contributed by atoms with Gasteiger partial charge >= 0.3 is 5.97 Å². The predicted molar refractivity (Wildman–Crippen MR) is 92.6 cm³/mol. The van der Waals surface area contributed by atoms with Crippen LogP contribution in [-0.4, -0.2) is 22.5 Å². The van der Waals surface area contributed by atoms with E-state index in [-0.39, 0.29) is 23.0 Å². The van der Waals surface area contributed by atoms with Crippen molar-refractivity contribution in [2.24, 2.45) is 11.3 Å². The van der Waals surface area contributed by atoms with Crippen molar-refractivity contribution in [2.75, 3.05) is 0 Å². The minimum absolute atomic E-state index is 0.0924. The second kappa shape index (κ2) is 7.02. The summed E-state index contributed by atoms with van der Waals surface area (Å²) in [7, 11) is 0. The van der Waals surface area contributed by atoms with Crippen LogP contribution in [0.2, 0.25) is 0 Å². The molecular weight excluding hydrogens is 320 g/mol. The monoisotopic (exact) mass is 344 g/mol. The van der Waals surface area contributed by atoms with Crippen LogP contribution in [0.4, 0.5) is 0 Å². The molecule has 0 spiro atoms. The van der Waals surface area contributed by atoms with E-state index < -0.39 is 12.3 Å². The van der Waals surface area contributed by atoms with Crippen LogP contribution < -0.4 is 0 Å². The summed E-state index contributed by atoms with van der Waals surface area (Å²) >= 11 is 0. The highest BCUT2D eigenvalue weighted by atomic mass is 16.6. The molecule has 5 nitrogen and oxygen atoms in total. The lowest BCUT2D eigenvalue weighted by molar-refractivity contribution is -0.236. The van der Waals surface area contributed by atoms with Gasteiger partial charge in [0.1, 0.15) is 0 Å². The van der Waals surface area contributed by atoms with Crippen molar-refractivity contribution < 1.29 is 24.2 Å². The van der Waals surface area contributed by atoms with E-state index in [0.717, 1.165) is 18.4 Å². The summed E-state index contributed by atoms with van der Waals surface area (Å²) in [5, 5.41) is 20.0. The third-order valence-electron chi connectivity index (χ3n) is 5.46. The lowest BCUT2D eigenvalue weighted by Crippen LogP contribution is -2.44. The molecule has 5 heteroatoms. The molecule has 4 unspecified atom stereocenters. The number of carbonyl (C=O) groups is 1. The van der Waals surface area contributed by atoms with Crippen LogP contribution in [0.3, 0.4) is 0 Å². The third-order valence-corrected chi connectivity index (χ3v) is 5.46. The summed E-state index contributed by atoms with van der Waals surface area (Å²) in [6, 6.07) is 1.86. The minimum atomic E-state index is -0.974. The molecule has 1 fully saturated rings. The maximum absolute atomic E-state index is 11.4. The van der Waals surface area contributed by atoms with E-state index in [9.17, 15) is 15.0 Å². The van der Waals surface area contributed by atoms with E-state index in [1.807, 2.05) is 12.1 Å². The normalized spacial score (nSPS) is 33.4. The van der Waals surface area contributed by atoms with Gasteiger partial charge in [0.2, 0.25) is 0 Å². The molecule has 1 aliphatic carbocycles. The van der Waals surface area contributed by atoms with Gasteiger partial charge in [0.25, 0.3) is 0 Å². The summed E-state index contributed by atoms with van der Waals surface area (Å²) in [5.41, 5.74) is 1.57. The van der Waals surface area contributed by atoms with Gasteiger partial charge in [-0.05, 0) is 48.8 Å². The second-order valence-corrected chi connectivity index (χ2v) is 7.20. The summed E-state index contributed by atoms with van der Waals surface area (Å²) in [5.74, 6) is -1.07. The van der Waals surface area contributed by atoms with Crippen LogP contribution in [0, 0.1) is 11.3 Å². The standard InChI is InChI=1S/C20H24O5/c1-13-6-7-16-19(23)25-17(14-8-10-24-12-14)11-20(16,2)9-4-3-5-15(13)18(21)22/h3-5,8,10,12,16-17,19,23H,1,6-7,9,11H2,2H3,(H,21,22). The molecule has 1 saturated heterocycles. The number of aliphatic hydroxyl groups excluding tert-OH is 1. The van der Waals surface area contributed by atoms with Gasteiger partial charge in [-0.1, -0.05) is 25.7 Å². The summed E-state index contributed by atoms with van der Waals surface area (Å²) in [4.78, 5) is 11.4. The second-order valence-electron chi connectivity index (χ2n) is 7.20. The molecular formula is C20H24O5. The van der Waals surface area contributed by atoms with Gasteiger partial charge in [-0.3, -0.25) is 0 Å². The minimum Gasteiger partial charge on any atom is -0.478 e. The van der Waals surface area contributed by atoms with Crippen LogP contribution in [0.15, 0.2) is 59.0 Å². The molecule has 0 aromatic carbocycles. The Kier molecular flexibility index (Phi) is 4.97. The van der Waals surface area contributed by atoms with E-state index in [0.29, 0.717) is 18.4 Å². The zero-order valence-electron chi connectivity index (χ0n) is 14.4. The molecule has 2 heterocycles. The Morgan fingerprint density at radius 2 is 2.24 bits per heavy atom. The number of fused-ring (bicyclic) bond motifs is 1. The van der Waals surface area contributed by atoms with E-state index >= 15 is 0 Å². The number of hydrogen-bond donors (Lipinski definition) is 2. The average Bonchev–Trinajstić information content (AvgIpc) is 3.07. The van der Waals surface area contributed by atoms with Crippen molar-refractivity contribution >= 4 is 5.97 Å². The molecule has 1 aromatic rings. The number of ether oxygens (including phenoxy) is 1. The number of aliphatic carboxylic acids is 1. The number of allylic oxidation sites excluding steroid dienone is 3. The van der Waals surface area contributed by atoms with E-state index in [2.05, 4.69) is 13.5 Å². The number of hydrogen-bond acceptors (Lipinski definition) is 4. The van der Waals surface area contributed by atoms with E-state index in [4.69, 9.17) is 9.15 Å². The first-order valence-corrected chi connectivity index (χ1v) is 8.54. The van der Waals surface area contributed by atoms with Crippen molar-refractivity contribution in [3.8, 4) is 0 Å².